The van der Waals surface area contributed by atoms with Gasteiger partial charge in [0, 0.05) is 6.42 Å². The van der Waals surface area contributed by atoms with E-state index in [-0.39, 0.29) is 6.42 Å². The number of hydrogen-bond acceptors (Lipinski definition) is 2. The molecule has 0 amide bonds. The number of carbonyl (C=O) groups is 1. The number of esters is 1. The Morgan fingerprint density at radius 3 is 2.45 bits per heavy atom. The number of ether oxygens (including phenoxy) is 1. The Hall–Kier alpha value is 0.0800. The molecular formula is C6H7Cl3O2. The largest absolute Gasteiger partial charge is 0.415 e. The number of allylic oxidation sites excluding steroid dienone is 1. The molecule has 11 heavy (non-hydrogen) atoms. The molecule has 64 valence electrons. The van der Waals surface area contributed by atoms with Crippen LogP contribution in [0, 0.1) is 0 Å². The average molecular weight is 217 g/mol. The summed E-state index contributed by atoms with van der Waals surface area (Å²) in [5.41, 5.74) is 0. The van der Waals surface area contributed by atoms with Crippen LogP contribution in [-0.4, -0.2) is 9.95 Å². The van der Waals surface area contributed by atoms with E-state index < -0.39 is 9.95 Å². The Labute approximate surface area is 80.1 Å². The summed E-state index contributed by atoms with van der Waals surface area (Å²) in [7, 11) is 0. The molecule has 0 atom stereocenters. The Morgan fingerprint density at radius 1 is 1.55 bits per heavy atom. The van der Waals surface area contributed by atoms with Gasteiger partial charge in [0.1, 0.15) is 0 Å². The van der Waals surface area contributed by atoms with Crippen molar-refractivity contribution in [2.24, 2.45) is 0 Å². The summed E-state index contributed by atoms with van der Waals surface area (Å²) in [6.45, 7) is 3.42. The maximum absolute atomic E-state index is 10.7. The molecule has 0 heterocycles. The predicted octanol–water partition coefficient (Wildman–Crippen LogP) is 2.82. The van der Waals surface area contributed by atoms with Gasteiger partial charge in [-0.2, -0.15) is 0 Å². The molecule has 0 N–H and O–H groups in total. The van der Waals surface area contributed by atoms with Gasteiger partial charge in [0.25, 0.3) is 0 Å². The third-order valence-electron chi connectivity index (χ3n) is 0.782. The van der Waals surface area contributed by atoms with Gasteiger partial charge in [-0.05, 0) is 41.2 Å². The van der Waals surface area contributed by atoms with Crippen molar-refractivity contribution in [2.45, 2.75) is 16.8 Å². The molecule has 0 unspecified atom stereocenters. The Bertz CT molecular complexity index is 150. The quantitative estimate of drug-likeness (QED) is 0.413. The third kappa shape index (κ3) is 7.98. The van der Waals surface area contributed by atoms with E-state index in [1.54, 1.807) is 6.08 Å². The SMILES string of the molecule is C=CCCC(=O)OC(Cl)(Cl)Cl. The molecule has 0 fully saturated rings. The van der Waals surface area contributed by atoms with Crippen molar-refractivity contribution in [1.29, 1.82) is 0 Å². The second-order valence-corrected chi connectivity index (χ2v) is 3.92. The number of alkyl halides is 3. The summed E-state index contributed by atoms with van der Waals surface area (Å²) in [6, 6.07) is 0. The zero-order valence-electron chi connectivity index (χ0n) is 5.65. The fourth-order valence-electron chi connectivity index (χ4n) is 0.400. The molecule has 0 radical (unpaired) electrons. The Morgan fingerprint density at radius 2 is 2.09 bits per heavy atom. The number of halogens is 3. The Kier molecular flexibility index (Phi) is 4.89. The topological polar surface area (TPSA) is 26.3 Å². The van der Waals surface area contributed by atoms with Crippen molar-refractivity contribution < 1.29 is 9.53 Å². The van der Waals surface area contributed by atoms with Crippen LogP contribution < -0.4 is 0 Å². The first-order valence-corrected chi connectivity index (χ1v) is 3.98. The van der Waals surface area contributed by atoms with Crippen molar-refractivity contribution in [3.63, 3.8) is 0 Å². The molecule has 0 bridgehead atoms. The van der Waals surface area contributed by atoms with Crippen LogP contribution in [0.1, 0.15) is 12.8 Å². The van der Waals surface area contributed by atoms with Crippen molar-refractivity contribution in [3.8, 4) is 0 Å². The highest BCUT2D eigenvalue weighted by Gasteiger charge is 2.24. The first-order valence-electron chi connectivity index (χ1n) is 2.85. The van der Waals surface area contributed by atoms with Gasteiger partial charge in [0.2, 0.25) is 0 Å². The van der Waals surface area contributed by atoms with Crippen molar-refractivity contribution in [1.82, 2.24) is 0 Å². The van der Waals surface area contributed by atoms with Crippen LogP contribution in [0.5, 0.6) is 0 Å². The molecule has 0 rings (SSSR count). The number of carbonyl (C=O) groups excluding carboxylic acids is 1. The molecule has 0 spiro atoms. The van der Waals surface area contributed by atoms with Gasteiger partial charge in [0.15, 0.2) is 0 Å². The number of hydrogen-bond donors (Lipinski definition) is 0. The summed E-state index contributed by atoms with van der Waals surface area (Å²) >= 11 is 15.5. The minimum Gasteiger partial charge on any atom is -0.415 e. The van der Waals surface area contributed by atoms with Crippen LogP contribution in [0.25, 0.3) is 0 Å². The summed E-state index contributed by atoms with van der Waals surface area (Å²) in [5.74, 6) is -0.551. The molecule has 0 aromatic heterocycles. The van der Waals surface area contributed by atoms with E-state index in [2.05, 4.69) is 11.3 Å². The van der Waals surface area contributed by atoms with Crippen LogP contribution in [0.3, 0.4) is 0 Å². The lowest BCUT2D eigenvalue weighted by Crippen LogP contribution is -2.15. The summed E-state index contributed by atoms with van der Waals surface area (Å²) in [5, 5.41) is 0. The fraction of sp³-hybridized carbons (Fsp3) is 0.500. The van der Waals surface area contributed by atoms with Crippen molar-refractivity contribution >= 4 is 40.8 Å². The molecule has 0 aromatic carbocycles. The van der Waals surface area contributed by atoms with Crippen LogP contribution in [-0.2, 0) is 9.53 Å². The normalized spacial score (nSPS) is 10.8. The van der Waals surface area contributed by atoms with Gasteiger partial charge in [-0.15, -0.1) is 6.58 Å². The lowest BCUT2D eigenvalue weighted by atomic mass is 10.3. The molecule has 0 saturated carbocycles. The van der Waals surface area contributed by atoms with Gasteiger partial charge in [-0.1, -0.05) is 6.08 Å². The first kappa shape index (κ1) is 11.1. The zero-order valence-corrected chi connectivity index (χ0v) is 7.92. The zero-order chi connectivity index (χ0) is 8.91. The molecule has 2 nitrogen and oxygen atoms in total. The third-order valence-corrected chi connectivity index (χ3v) is 1.01. The molecular weight excluding hydrogens is 210 g/mol. The smallest absolute Gasteiger partial charge is 0.340 e. The van der Waals surface area contributed by atoms with Crippen LogP contribution >= 0.6 is 34.8 Å². The fourth-order valence-corrected chi connectivity index (χ4v) is 0.658. The number of rotatable bonds is 3. The summed E-state index contributed by atoms with van der Waals surface area (Å²) in [6.07, 6.45) is 2.27. The standard InChI is InChI=1S/C6H7Cl3O2/c1-2-3-4-5(10)11-6(7,8)9/h2H,1,3-4H2. The van der Waals surface area contributed by atoms with E-state index >= 15 is 0 Å². The van der Waals surface area contributed by atoms with E-state index in [0.29, 0.717) is 6.42 Å². The van der Waals surface area contributed by atoms with E-state index in [4.69, 9.17) is 34.8 Å². The highest BCUT2D eigenvalue weighted by molar-refractivity contribution is 6.66. The average Bonchev–Trinajstić information content (AvgIpc) is 1.79. The van der Waals surface area contributed by atoms with Gasteiger partial charge in [-0.3, -0.25) is 4.79 Å². The lowest BCUT2D eigenvalue weighted by Gasteiger charge is -2.10. The van der Waals surface area contributed by atoms with Crippen molar-refractivity contribution in [2.75, 3.05) is 0 Å². The van der Waals surface area contributed by atoms with Crippen LogP contribution in [0.4, 0.5) is 0 Å². The monoisotopic (exact) mass is 216 g/mol. The second-order valence-electron chi connectivity index (χ2n) is 1.75. The van der Waals surface area contributed by atoms with E-state index in [1.165, 1.54) is 0 Å². The van der Waals surface area contributed by atoms with Crippen LogP contribution in [0.2, 0.25) is 0 Å². The second kappa shape index (κ2) is 4.86. The minimum absolute atomic E-state index is 0.178. The van der Waals surface area contributed by atoms with E-state index in [0.717, 1.165) is 0 Å². The minimum atomic E-state index is -1.95. The highest BCUT2D eigenvalue weighted by Crippen LogP contribution is 2.27. The van der Waals surface area contributed by atoms with Gasteiger partial charge >= 0.3 is 9.95 Å². The van der Waals surface area contributed by atoms with Gasteiger partial charge in [0.05, 0.1) is 0 Å². The summed E-state index contributed by atoms with van der Waals surface area (Å²) < 4.78 is 2.40. The molecule has 0 aromatic rings. The molecule has 0 aliphatic rings. The van der Waals surface area contributed by atoms with Gasteiger partial charge in [-0.25, -0.2) is 0 Å². The lowest BCUT2D eigenvalue weighted by molar-refractivity contribution is -0.144. The first-order chi connectivity index (χ1) is 4.95. The maximum atomic E-state index is 10.7. The van der Waals surface area contributed by atoms with Crippen LogP contribution in [0.15, 0.2) is 12.7 Å². The molecule has 5 heteroatoms. The van der Waals surface area contributed by atoms with E-state index in [9.17, 15) is 4.79 Å². The highest BCUT2D eigenvalue weighted by atomic mass is 35.6. The molecule has 0 aliphatic carbocycles. The van der Waals surface area contributed by atoms with Gasteiger partial charge < -0.3 is 4.74 Å². The summed E-state index contributed by atoms with van der Waals surface area (Å²) in [4.78, 5) is 10.7. The molecule has 0 saturated heterocycles. The molecule has 0 aliphatic heterocycles. The Balaban J connectivity index is 3.61. The maximum Gasteiger partial charge on any atom is 0.340 e. The van der Waals surface area contributed by atoms with E-state index in [1.807, 2.05) is 0 Å². The van der Waals surface area contributed by atoms with Crippen molar-refractivity contribution in [3.05, 3.63) is 12.7 Å². The predicted molar refractivity (Wildman–Crippen MR) is 45.8 cm³/mol.